The highest BCUT2D eigenvalue weighted by atomic mass is 15.2. The maximum Gasteiger partial charge on any atom is 0.161 e. The van der Waals surface area contributed by atoms with Crippen LogP contribution in [-0.2, 0) is 13.0 Å². The Kier molecular flexibility index (Phi) is 4.30. The van der Waals surface area contributed by atoms with Crippen LogP contribution >= 0.6 is 0 Å². The molecule has 2 aliphatic rings. The SMILES string of the molecule is C=CCN1CCc2nc(-c3ccccc3)nc(N3CCCC3)c2C1. The first-order chi connectivity index (χ1) is 11.8. The number of nitrogens with zero attached hydrogens (tertiary/aromatic N) is 4. The summed E-state index contributed by atoms with van der Waals surface area (Å²) >= 11 is 0. The summed E-state index contributed by atoms with van der Waals surface area (Å²) in [5.41, 5.74) is 3.66. The van der Waals surface area contributed by atoms with Crippen molar-refractivity contribution in [2.75, 3.05) is 31.1 Å². The van der Waals surface area contributed by atoms with Gasteiger partial charge in [0.05, 0.1) is 5.69 Å². The average molecular weight is 320 g/mol. The van der Waals surface area contributed by atoms with E-state index in [1.165, 1.54) is 24.1 Å². The van der Waals surface area contributed by atoms with Crippen LogP contribution in [0.3, 0.4) is 0 Å². The third-order valence-corrected chi connectivity index (χ3v) is 4.94. The molecule has 0 amide bonds. The number of benzene rings is 1. The molecular weight excluding hydrogens is 296 g/mol. The number of hydrogen-bond acceptors (Lipinski definition) is 4. The summed E-state index contributed by atoms with van der Waals surface area (Å²) in [6.45, 7) is 9.01. The van der Waals surface area contributed by atoms with E-state index in [-0.39, 0.29) is 0 Å². The van der Waals surface area contributed by atoms with Crippen molar-refractivity contribution < 1.29 is 0 Å². The van der Waals surface area contributed by atoms with Crippen LogP contribution in [0.5, 0.6) is 0 Å². The fraction of sp³-hybridized carbons (Fsp3) is 0.400. The maximum absolute atomic E-state index is 5.00. The first-order valence-corrected chi connectivity index (χ1v) is 8.88. The molecule has 0 radical (unpaired) electrons. The number of anilines is 1. The third kappa shape index (κ3) is 2.94. The van der Waals surface area contributed by atoms with E-state index < -0.39 is 0 Å². The summed E-state index contributed by atoms with van der Waals surface area (Å²) < 4.78 is 0. The van der Waals surface area contributed by atoms with E-state index in [0.29, 0.717) is 0 Å². The average Bonchev–Trinajstić information content (AvgIpc) is 3.16. The lowest BCUT2D eigenvalue weighted by molar-refractivity contribution is 0.279. The van der Waals surface area contributed by atoms with Crippen LogP contribution in [0.25, 0.3) is 11.4 Å². The summed E-state index contributed by atoms with van der Waals surface area (Å²) in [5.74, 6) is 2.03. The Bertz CT molecular complexity index is 720. The van der Waals surface area contributed by atoms with E-state index >= 15 is 0 Å². The van der Waals surface area contributed by atoms with Gasteiger partial charge in [-0.15, -0.1) is 6.58 Å². The third-order valence-electron chi connectivity index (χ3n) is 4.94. The van der Waals surface area contributed by atoms with Gasteiger partial charge in [0.25, 0.3) is 0 Å². The Morgan fingerprint density at radius 3 is 2.58 bits per heavy atom. The predicted molar refractivity (Wildman–Crippen MR) is 98.1 cm³/mol. The molecule has 4 heteroatoms. The lowest BCUT2D eigenvalue weighted by Crippen LogP contribution is -2.34. The van der Waals surface area contributed by atoms with Crippen molar-refractivity contribution >= 4 is 5.82 Å². The van der Waals surface area contributed by atoms with Crippen molar-refractivity contribution in [1.29, 1.82) is 0 Å². The Balaban J connectivity index is 1.77. The van der Waals surface area contributed by atoms with Gasteiger partial charge < -0.3 is 4.90 Å². The van der Waals surface area contributed by atoms with Crippen molar-refractivity contribution in [2.45, 2.75) is 25.8 Å². The van der Waals surface area contributed by atoms with Gasteiger partial charge in [-0.3, -0.25) is 4.90 Å². The number of fused-ring (bicyclic) bond motifs is 1. The monoisotopic (exact) mass is 320 g/mol. The van der Waals surface area contributed by atoms with E-state index in [4.69, 9.17) is 9.97 Å². The Morgan fingerprint density at radius 1 is 1.04 bits per heavy atom. The van der Waals surface area contributed by atoms with Gasteiger partial charge in [-0.2, -0.15) is 0 Å². The van der Waals surface area contributed by atoms with Crippen LogP contribution in [0.15, 0.2) is 43.0 Å². The topological polar surface area (TPSA) is 32.3 Å². The van der Waals surface area contributed by atoms with Crippen LogP contribution in [0, 0.1) is 0 Å². The first-order valence-electron chi connectivity index (χ1n) is 8.88. The summed E-state index contributed by atoms with van der Waals surface area (Å²) in [6, 6.07) is 10.3. The minimum absolute atomic E-state index is 0.869. The van der Waals surface area contributed by atoms with E-state index in [9.17, 15) is 0 Å². The smallest absolute Gasteiger partial charge is 0.161 e. The Labute approximate surface area is 143 Å². The molecule has 2 aromatic rings. The summed E-state index contributed by atoms with van der Waals surface area (Å²) in [4.78, 5) is 14.8. The number of aromatic nitrogens is 2. The van der Waals surface area contributed by atoms with Crippen molar-refractivity contribution in [3.63, 3.8) is 0 Å². The molecule has 1 fully saturated rings. The molecule has 4 nitrogen and oxygen atoms in total. The van der Waals surface area contributed by atoms with Gasteiger partial charge in [-0.25, -0.2) is 9.97 Å². The molecule has 3 heterocycles. The molecular formula is C20H24N4. The number of hydrogen-bond donors (Lipinski definition) is 0. The predicted octanol–water partition coefficient (Wildman–Crippen LogP) is 3.29. The fourth-order valence-corrected chi connectivity index (χ4v) is 3.70. The largest absolute Gasteiger partial charge is 0.356 e. The first kappa shape index (κ1) is 15.3. The van der Waals surface area contributed by atoms with Crippen molar-refractivity contribution in [3.05, 3.63) is 54.2 Å². The van der Waals surface area contributed by atoms with Crippen molar-refractivity contribution in [1.82, 2.24) is 14.9 Å². The van der Waals surface area contributed by atoms with Crippen LogP contribution in [0.4, 0.5) is 5.82 Å². The van der Waals surface area contributed by atoms with Crippen LogP contribution < -0.4 is 4.90 Å². The summed E-state index contributed by atoms with van der Waals surface area (Å²) in [6.07, 6.45) is 5.50. The second-order valence-electron chi connectivity index (χ2n) is 6.63. The molecule has 124 valence electrons. The second-order valence-corrected chi connectivity index (χ2v) is 6.63. The van der Waals surface area contributed by atoms with E-state index in [1.54, 1.807) is 0 Å². The van der Waals surface area contributed by atoms with Crippen LogP contribution in [-0.4, -0.2) is 41.0 Å². The Hall–Kier alpha value is -2.20. The molecule has 0 aliphatic carbocycles. The van der Waals surface area contributed by atoms with Gasteiger partial charge >= 0.3 is 0 Å². The highest BCUT2D eigenvalue weighted by molar-refractivity contribution is 5.61. The van der Waals surface area contributed by atoms with Gasteiger partial charge in [0.1, 0.15) is 5.82 Å². The molecule has 0 atom stereocenters. The molecule has 0 saturated carbocycles. The second kappa shape index (κ2) is 6.73. The molecule has 4 rings (SSSR count). The minimum Gasteiger partial charge on any atom is -0.356 e. The van der Waals surface area contributed by atoms with Crippen molar-refractivity contribution in [3.8, 4) is 11.4 Å². The zero-order valence-corrected chi connectivity index (χ0v) is 14.1. The van der Waals surface area contributed by atoms with Crippen LogP contribution in [0.2, 0.25) is 0 Å². The molecule has 0 spiro atoms. The zero-order chi connectivity index (χ0) is 16.4. The highest BCUT2D eigenvalue weighted by Crippen LogP contribution is 2.31. The lowest BCUT2D eigenvalue weighted by atomic mass is 10.0. The zero-order valence-electron chi connectivity index (χ0n) is 14.1. The molecule has 1 aromatic carbocycles. The molecule has 2 aliphatic heterocycles. The van der Waals surface area contributed by atoms with E-state index in [0.717, 1.165) is 56.4 Å². The Morgan fingerprint density at radius 2 is 1.83 bits per heavy atom. The summed E-state index contributed by atoms with van der Waals surface area (Å²) in [5, 5.41) is 0. The molecule has 0 bridgehead atoms. The molecule has 0 unspecified atom stereocenters. The fourth-order valence-electron chi connectivity index (χ4n) is 3.70. The van der Waals surface area contributed by atoms with Gasteiger partial charge in [0.2, 0.25) is 0 Å². The van der Waals surface area contributed by atoms with Gasteiger partial charge in [0.15, 0.2) is 5.82 Å². The summed E-state index contributed by atoms with van der Waals surface area (Å²) in [7, 11) is 0. The normalized spacial score (nSPS) is 17.8. The molecule has 1 aromatic heterocycles. The maximum atomic E-state index is 5.00. The van der Waals surface area contributed by atoms with E-state index in [2.05, 4.69) is 40.6 Å². The molecule has 0 N–H and O–H groups in total. The van der Waals surface area contributed by atoms with E-state index in [1.807, 2.05) is 12.1 Å². The minimum atomic E-state index is 0.869. The lowest BCUT2D eigenvalue weighted by Gasteiger charge is -2.31. The van der Waals surface area contributed by atoms with Gasteiger partial charge in [-0.1, -0.05) is 36.4 Å². The molecule has 24 heavy (non-hydrogen) atoms. The van der Waals surface area contributed by atoms with Gasteiger partial charge in [0, 0.05) is 50.3 Å². The van der Waals surface area contributed by atoms with Gasteiger partial charge in [-0.05, 0) is 12.8 Å². The highest BCUT2D eigenvalue weighted by Gasteiger charge is 2.26. The standard InChI is InChI=1S/C20H24N4/c1-2-11-23-14-10-18-17(15-23)20(24-12-6-7-13-24)22-19(21-18)16-8-4-3-5-9-16/h2-5,8-9H,1,6-7,10-15H2. The van der Waals surface area contributed by atoms with Crippen molar-refractivity contribution in [2.24, 2.45) is 0 Å². The molecule has 1 saturated heterocycles. The quantitative estimate of drug-likeness (QED) is 0.809. The number of rotatable bonds is 4. The van der Waals surface area contributed by atoms with Crippen LogP contribution in [0.1, 0.15) is 24.1 Å².